The average molecular weight is 415 g/mol. The summed E-state index contributed by atoms with van der Waals surface area (Å²) in [4.78, 5) is 2.65. The first-order chi connectivity index (χ1) is 11.3. The standard InChI is InChI=1S/C21H22IN/c22-21-12-11-18(17-9-5-2-6-10-17)19-14-23(15-20(19)21)13-16-7-3-1-4-8-16/h1-10,12,18-20H,11,13-15H2. The summed E-state index contributed by atoms with van der Waals surface area (Å²) in [5.41, 5.74) is 2.95. The highest BCUT2D eigenvalue weighted by molar-refractivity contribution is 14.1. The summed E-state index contributed by atoms with van der Waals surface area (Å²) in [6.45, 7) is 3.51. The van der Waals surface area contributed by atoms with Crippen molar-refractivity contribution in [2.75, 3.05) is 13.1 Å². The first kappa shape index (κ1) is 15.4. The van der Waals surface area contributed by atoms with Crippen LogP contribution < -0.4 is 0 Å². The fourth-order valence-electron chi connectivity index (χ4n) is 4.23. The normalized spacial score (nSPS) is 27.5. The molecule has 0 amide bonds. The summed E-state index contributed by atoms with van der Waals surface area (Å²) in [5.74, 6) is 2.16. The van der Waals surface area contributed by atoms with Crippen LogP contribution in [0.4, 0.5) is 0 Å². The smallest absolute Gasteiger partial charge is 0.0234 e. The van der Waals surface area contributed by atoms with Crippen LogP contribution in [0.2, 0.25) is 0 Å². The van der Waals surface area contributed by atoms with Gasteiger partial charge >= 0.3 is 0 Å². The molecule has 0 aromatic heterocycles. The zero-order valence-electron chi connectivity index (χ0n) is 13.2. The van der Waals surface area contributed by atoms with E-state index in [0.717, 1.165) is 18.4 Å². The van der Waals surface area contributed by atoms with E-state index in [1.807, 2.05) is 0 Å². The highest BCUT2D eigenvalue weighted by Gasteiger charge is 2.41. The Kier molecular flexibility index (Phi) is 4.54. The topological polar surface area (TPSA) is 3.24 Å². The van der Waals surface area contributed by atoms with Crippen LogP contribution in [0, 0.1) is 11.8 Å². The van der Waals surface area contributed by atoms with Crippen molar-refractivity contribution in [1.29, 1.82) is 0 Å². The van der Waals surface area contributed by atoms with Gasteiger partial charge in [-0.25, -0.2) is 0 Å². The zero-order chi connectivity index (χ0) is 15.6. The fraction of sp³-hybridized carbons (Fsp3) is 0.333. The van der Waals surface area contributed by atoms with E-state index in [9.17, 15) is 0 Å². The number of allylic oxidation sites excluding steroid dienone is 1. The van der Waals surface area contributed by atoms with Crippen molar-refractivity contribution in [2.45, 2.75) is 18.9 Å². The van der Waals surface area contributed by atoms with Crippen LogP contribution in [0.1, 0.15) is 23.5 Å². The van der Waals surface area contributed by atoms with Crippen LogP contribution in [0.5, 0.6) is 0 Å². The molecule has 0 N–H and O–H groups in total. The number of nitrogens with zero attached hydrogens (tertiary/aromatic N) is 1. The predicted octanol–water partition coefficient (Wildman–Crippen LogP) is 5.24. The van der Waals surface area contributed by atoms with Crippen molar-refractivity contribution in [3.8, 4) is 0 Å². The maximum atomic E-state index is 2.65. The molecule has 1 fully saturated rings. The molecule has 1 nitrogen and oxygen atoms in total. The van der Waals surface area contributed by atoms with Crippen molar-refractivity contribution < 1.29 is 0 Å². The zero-order valence-corrected chi connectivity index (χ0v) is 15.4. The quantitative estimate of drug-likeness (QED) is 0.620. The van der Waals surface area contributed by atoms with Crippen LogP contribution in [0.25, 0.3) is 0 Å². The number of hydrogen-bond donors (Lipinski definition) is 0. The molecular formula is C21H22IN. The van der Waals surface area contributed by atoms with Gasteiger partial charge in [0.2, 0.25) is 0 Å². The maximum Gasteiger partial charge on any atom is 0.0234 e. The summed E-state index contributed by atoms with van der Waals surface area (Å²) in [7, 11) is 0. The van der Waals surface area contributed by atoms with Crippen molar-refractivity contribution in [1.82, 2.24) is 4.90 Å². The number of halogens is 1. The van der Waals surface area contributed by atoms with E-state index in [1.54, 1.807) is 3.58 Å². The van der Waals surface area contributed by atoms with Gasteiger partial charge in [0.1, 0.15) is 0 Å². The Morgan fingerprint density at radius 2 is 1.57 bits per heavy atom. The molecule has 2 aromatic rings. The van der Waals surface area contributed by atoms with Crippen LogP contribution in [0.3, 0.4) is 0 Å². The Morgan fingerprint density at radius 1 is 0.870 bits per heavy atom. The number of rotatable bonds is 3. The Hall–Kier alpha value is -1.13. The van der Waals surface area contributed by atoms with Crippen LogP contribution in [0.15, 0.2) is 70.3 Å². The molecule has 1 heterocycles. The molecule has 2 heteroatoms. The number of benzene rings is 2. The molecule has 0 saturated carbocycles. The van der Waals surface area contributed by atoms with E-state index in [-0.39, 0.29) is 0 Å². The molecule has 0 bridgehead atoms. The van der Waals surface area contributed by atoms with Gasteiger partial charge in [0, 0.05) is 25.6 Å². The Balaban J connectivity index is 1.54. The van der Waals surface area contributed by atoms with Gasteiger partial charge in [0.15, 0.2) is 0 Å². The van der Waals surface area contributed by atoms with E-state index < -0.39 is 0 Å². The molecule has 23 heavy (non-hydrogen) atoms. The maximum absolute atomic E-state index is 2.65. The van der Waals surface area contributed by atoms with Crippen molar-refractivity contribution in [3.05, 3.63) is 81.4 Å². The first-order valence-corrected chi connectivity index (χ1v) is 9.56. The molecular weight excluding hydrogens is 393 g/mol. The molecule has 0 spiro atoms. The van der Waals surface area contributed by atoms with E-state index in [2.05, 4.69) is 94.2 Å². The van der Waals surface area contributed by atoms with Gasteiger partial charge in [-0.3, -0.25) is 4.90 Å². The van der Waals surface area contributed by atoms with Crippen molar-refractivity contribution in [2.24, 2.45) is 11.8 Å². The van der Waals surface area contributed by atoms with Crippen LogP contribution in [-0.4, -0.2) is 18.0 Å². The van der Waals surface area contributed by atoms with Crippen LogP contribution >= 0.6 is 22.6 Å². The number of fused-ring (bicyclic) bond motifs is 1. The number of hydrogen-bond acceptors (Lipinski definition) is 1. The molecule has 3 atom stereocenters. The van der Waals surface area contributed by atoms with E-state index in [1.165, 1.54) is 30.6 Å². The van der Waals surface area contributed by atoms with E-state index in [4.69, 9.17) is 0 Å². The highest BCUT2D eigenvalue weighted by Crippen LogP contribution is 2.47. The summed E-state index contributed by atoms with van der Waals surface area (Å²) >= 11 is 2.58. The largest absolute Gasteiger partial charge is 0.298 e. The van der Waals surface area contributed by atoms with Gasteiger partial charge in [0.25, 0.3) is 0 Å². The Labute approximate surface area is 152 Å². The number of likely N-dealkylation sites (tertiary alicyclic amines) is 1. The predicted molar refractivity (Wildman–Crippen MR) is 105 cm³/mol. The minimum Gasteiger partial charge on any atom is -0.298 e. The Morgan fingerprint density at radius 3 is 2.30 bits per heavy atom. The lowest BCUT2D eigenvalue weighted by Crippen LogP contribution is -2.24. The third-order valence-corrected chi connectivity index (χ3v) is 6.60. The Bertz CT molecular complexity index is 680. The van der Waals surface area contributed by atoms with E-state index >= 15 is 0 Å². The third kappa shape index (κ3) is 3.24. The molecule has 118 valence electrons. The van der Waals surface area contributed by atoms with Gasteiger partial charge in [0.05, 0.1) is 0 Å². The summed E-state index contributed by atoms with van der Waals surface area (Å²) < 4.78 is 1.58. The lowest BCUT2D eigenvalue weighted by molar-refractivity contribution is 0.305. The van der Waals surface area contributed by atoms with Gasteiger partial charge in [-0.1, -0.05) is 66.7 Å². The second-order valence-electron chi connectivity index (χ2n) is 6.79. The van der Waals surface area contributed by atoms with Gasteiger partial charge in [-0.2, -0.15) is 0 Å². The summed E-state index contributed by atoms with van der Waals surface area (Å²) in [5, 5.41) is 0. The monoisotopic (exact) mass is 415 g/mol. The van der Waals surface area contributed by atoms with E-state index in [0.29, 0.717) is 5.92 Å². The molecule has 3 unspecified atom stereocenters. The van der Waals surface area contributed by atoms with Gasteiger partial charge < -0.3 is 0 Å². The lowest BCUT2D eigenvalue weighted by atomic mass is 9.74. The van der Waals surface area contributed by atoms with Gasteiger partial charge in [-0.15, -0.1) is 0 Å². The highest BCUT2D eigenvalue weighted by atomic mass is 127. The minimum absolute atomic E-state index is 0.681. The van der Waals surface area contributed by atoms with Crippen LogP contribution in [-0.2, 0) is 6.54 Å². The van der Waals surface area contributed by atoms with Gasteiger partial charge in [-0.05, 0) is 55.6 Å². The van der Waals surface area contributed by atoms with Crippen molar-refractivity contribution in [3.63, 3.8) is 0 Å². The summed E-state index contributed by atoms with van der Waals surface area (Å²) in [6, 6.07) is 22.0. The van der Waals surface area contributed by atoms with Crippen molar-refractivity contribution >= 4 is 22.6 Å². The summed E-state index contributed by atoms with van der Waals surface area (Å²) in [6.07, 6.45) is 3.67. The molecule has 4 rings (SSSR count). The molecule has 0 radical (unpaired) electrons. The second-order valence-corrected chi connectivity index (χ2v) is 8.04. The molecule has 2 aliphatic rings. The SMILES string of the molecule is IC1=CCC(c2ccccc2)C2CN(Cc3ccccc3)CC12. The lowest BCUT2D eigenvalue weighted by Gasteiger charge is -2.32. The third-order valence-electron chi connectivity index (χ3n) is 5.36. The first-order valence-electron chi connectivity index (χ1n) is 8.48. The molecule has 2 aromatic carbocycles. The fourth-order valence-corrected chi connectivity index (χ4v) is 5.15. The molecule has 1 saturated heterocycles. The average Bonchev–Trinajstić information content (AvgIpc) is 3.01. The molecule has 1 aliphatic carbocycles. The molecule has 1 aliphatic heterocycles. The second kappa shape index (κ2) is 6.78. The minimum atomic E-state index is 0.681.